The Morgan fingerprint density at radius 2 is 2.00 bits per heavy atom. The second-order valence-electron chi connectivity index (χ2n) is 5.91. The minimum atomic E-state index is -0.105. The van der Waals surface area contributed by atoms with Gasteiger partial charge in [0.25, 0.3) is 0 Å². The quantitative estimate of drug-likeness (QED) is 0.668. The molecule has 0 bridgehead atoms. The van der Waals surface area contributed by atoms with E-state index in [0.717, 1.165) is 16.7 Å². The lowest BCUT2D eigenvalue weighted by Gasteiger charge is -2.04. The molecule has 1 aromatic heterocycles. The molecule has 0 unspecified atom stereocenters. The molecule has 3 aromatic rings. The van der Waals surface area contributed by atoms with Gasteiger partial charge in [-0.25, -0.2) is 0 Å². The molecule has 2 aromatic carbocycles. The number of rotatable bonds is 6. The lowest BCUT2D eigenvalue weighted by atomic mass is 10.1. The Bertz CT molecular complexity index is 925. The predicted molar refractivity (Wildman–Crippen MR) is 101 cm³/mol. The molecule has 3 rings (SSSR count). The van der Waals surface area contributed by atoms with Crippen LogP contribution in [-0.4, -0.2) is 16.0 Å². The fraction of sp³-hybridized carbons (Fsp3) is 0.211. The highest BCUT2D eigenvalue weighted by molar-refractivity contribution is 6.42. The Hall–Kier alpha value is -2.37. The minimum Gasteiger partial charge on any atom is -0.347 e. The Balaban J connectivity index is 1.51. The number of carbonyl (C=O) groups is 1. The van der Waals surface area contributed by atoms with Gasteiger partial charge in [-0.1, -0.05) is 58.2 Å². The molecule has 0 spiro atoms. The molecule has 5 nitrogen and oxygen atoms in total. The molecule has 1 heterocycles. The van der Waals surface area contributed by atoms with Crippen molar-refractivity contribution < 1.29 is 9.32 Å². The number of halogens is 2. The van der Waals surface area contributed by atoms with Crippen LogP contribution in [0.2, 0.25) is 10.0 Å². The van der Waals surface area contributed by atoms with Crippen molar-refractivity contribution in [1.82, 2.24) is 15.5 Å². The van der Waals surface area contributed by atoms with Gasteiger partial charge < -0.3 is 9.84 Å². The first kappa shape index (κ1) is 18.4. The number of hydrogen-bond acceptors (Lipinski definition) is 4. The summed E-state index contributed by atoms with van der Waals surface area (Å²) in [4.78, 5) is 16.3. The van der Waals surface area contributed by atoms with E-state index in [1.807, 2.05) is 37.3 Å². The van der Waals surface area contributed by atoms with Gasteiger partial charge in [-0.15, -0.1) is 0 Å². The van der Waals surface area contributed by atoms with Crippen LogP contribution < -0.4 is 5.32 Å². The number of benzene rings is 2. The van der Waals surface area contributed by atoms with Crippen molar-refractivity contribution in [3.8, 4) is 11.4 Å². The number of carbonyl (C=O) groups excluding carboxylic acids is 1. The Morgan fingerprint density at radius 3 is 2.77 bits per heavy atom. The SMILES string of the molecule is Cc1cccc(-c2noc(CNC(=O)CCc3ccc(Cl)c(Cl)c3)n2)c1. The van der Waals surface area contributed by atoms with Gasteiger partial charge in [0.05, 0.1) is 16.6 Å². The molecule has 0 radical (unpaired) electrons. The maximum atomic E-state index is 12.0. The molecule has 7 heteroatoms. The third-order valence-corrected chi connectivity index (χ3v) is 4.54. The summed E-state index contributed by atoms with van der Waals surface area (Å²) in [7, 11) is 0. The zero-order chi connectivity index (χ0) is 18.5. The third-order valence-electron chi connectivity index (χ3n) is 3.81. The molecule has 1 amide bonds. The summed E-state index contributed by atoms with van der Waals surface area (Å²) in [5.74, 6) is 0.768. The Morgan fingerprint density at radius 1 is 1.15 bits per heavy atom. The van der Waals surface area contributed by atoms with Crippen LogP contribution in [0.5, 0.6) is 0 Å². The van der Waals surface area contributed by atoms with Gasteiger partial charge in [0.2, 0.25) is 17.6 Å². The van der Waals surface area contributed by atoms with E-state index in [1.54, 1.807) is 12.1 Å². The maximum absolute atomic E-state index is 12.0. The molecule has 0 aliphatic heterocycles. The summed E-state index contributed by atoms with van der Waals surface area (Å²) >= 11 is 11.9. The molecule has 0 saturated carbocycles. The summed E-state index contributed by atoms with van der Waals surface area (Å²) in [6, 6.07) is 13.2. The van der Waals surface area contributed by atoms with Crippen molar-refractivity contribution in [3.05, 3.63) is 69.5 Å². The van der Waals surface area contributed by atoms with Gasteiger partial charge in [0.15, 0.2) is 0 Å². The van der Waals surface area contributed by atoms with E-state index in [-0.39, 0.29) is 12.5 Å². The third kappa shape index (κ3) is 4.84. The normalized spacial score (nSPS) is 10.7. The molecule has 26 heavy (non-hydrogen) atoms. The summed E-state index contributed by atoms with van der Waals surface area (Å²) in [6.45, 7) is 2.19. The minimum absolute atomic E-state index is 0.105. The molecular formula is C19H17Cl2N3O2. The molecular weight excluding hydrogens is 373 g/mol. The number of nitrogens with zero attached hydrogens (tertiary/aromatic N) is 2. The van der Waals surface area contributed by atoms with Gasteiger partial charge >= 0.3 is 0 Å². The van der Waals surface area contributed by atoms with Crippen molar-refractivity contribution in [3.63, 3.8) is 0 Å². The molecule has 0 aliphatic rings. The van der Waals surface area contributed by atoms with Crippen molar-refractivity contribution >= 4 is 29.1 Å². The van der Waals surface area contributed by atoms with Gasteiger partial charge in [-0.05, 0) is 37.1 Å². The first-order valence-corrected chi connectivity index (χ1v) is 8.87. The number of nitrogens with one attached hydrogen (secondary N) is 1. The predicted octanol–water partition coefficient (Wildman–Crippen LogP) is 4.60. The van der Waals surface area contributed by atoms with Crippen molar-refractivity contribution in [2.75, 3.05) is 0 Å². The van der Waals surface area contributed by atoms with E-state index in [0.29, 0.717) is 34.6 Å². The highest BCUT2D eigenvalue weighted by atomic mass is 35.5. The number of amides is 1. The Kier molecular flexibility index (Phi) is 5.91. The molecule has 1 N–H and O–H groups in total. The standard InChI is InChI=1S/C19H17Cl2N3O2/c1-12-3-2-4-14(9-12)19-23-18(26-24-19)11-22-17(25)8-6-13-5-7-15(20)16(21)10-13/h2-5,7,9-10H,6,8,11H2,1H3,(H,22,25). The molecule has 0 fully saturated rings. The fourth-order valence-electron chi connectivity index (χ4n) is 2.44. The summed E-state index contributed by atoms with van der Waals surface area (Å²) in [5.41, 5.74) is 2.95. The van der Waals surface area contributed by atoms with Crippen molar-refractivity contribution in [2.45, 2.75) is 26.3 Å². The fourth-order valence-corrected chi connectivity index (χ4v) is 2.76. The van der Waals surface area contributed by atoms with Crippen LogP contribution in [0.15, 0.2) is 47.0 Å². The van der Waals surface area contributed by atoms with Crippen LogP contribution in [0.1, 0.15) is 23.4 Å². The summed E-state index contributed by atoms with van der Waals surface area (Å²) in [6.07, 6.45) is 0.901. The number of hydrogen-bond donors (Lipinski definition) is 1. The molecule has 0 aliphatic carbocycles. The number of aromatic nitrogens is 2. The average Bonchev–Trinajstić information content (AvgIpc) is 3.10. The topological polar surface area (TPSA) is 68.0 Å². The van der Waals surface area contributed by atoms with Gasteiger partial charge in [-0.2, -0.15) is 4.98 Å². The first-order chi connectivity index (χ1) is 12.5. The molecule has 0 atom stereocenters. The van der Waals surface area contributed by atoms with Crippen molar-refractivity contribution in [2.24, 2.45) is 0 Å². The van der Waals surface area contributed by atoms with Crippen LogP contribution >= 0.6 is 23.2 Å². The van der Waals surface area contributed by atoms with Crippen LogP contribution in [0.4, 0.5) is 0 Å². The highest BCUT2D eigenvalue weighted by Crippen LogP contribution is 2.23. The average molecular weight is 390 g/mol. The van der Waals surface area contributed by atoms with Gasteiger partial charge in [0, 0.05) is 12.0 Å². The first-order valence-electron chi connectivity index (χ1n) is 8.11. The lowest BCUT2D eigenvalue weighted by Crippen LogP contribution is -2.23. The van der Waals surface area contributed by atoms with Crippen LogP contribution in [-0.2, 0) is 17.8 Å². The van der Waals surface area contributed by atoms with E-state index in [4.69, 9.17) is 27.7 Å². The lowest BCUT2D eigenvalue weighted by molar-refractivity contribution is -0.121. The van der Waals surface area contributed by atoms with E-state index in [1.165, 1.54) is 0 Å². The summed E-state index contributed by atoms with van der Waals surface area (Å²) < 4.78 is 5.19. The van der Waals surface area contributed by atoms with Crippen LogP contribution in [0, 0.1) is 6.92 Å². The largest absolute Gasteiger partial charge is 0.347 e. The number of aryl methyl sites for hydroxylation is 2. The van der Waals surface area contributed by atoms with Crippen molar-refractivity contribution in [1.29, 1.82) is 0 Å². The smallest absolute Gasteiger partial charge is 0.246 e. The zero-order valence-corrected chi connectivity index (χ0v) is 15.6. The highest BCUT2D eigenvalue weighted by Gasteiger charge is 2.10. The van der Waals surface area contributed by atoms with E-state index >= 15 is 0 Å². The second kappa shape index (κ2) is 8.34. The van der Waals surface area contributed by atoms with E-state index in [2.05, 4.69) is 15.5 Å². The van der Waals surface area contributed by atoms with Crippen LogP contribution in [0.3, 0.4) is 0 Å². The molecule has 0 saturated heterocycles. The summed E-state index contributed by atoms with van der Waals surface area (Å²) in [5, 5.41) is 7.72. The monoisotopic (exact) mass is 389 g/mol. The van der Waals surface area contributed by atoms with Crippen LogP contribution in [0.25, 0.3) is 11.4 Å². The molecule has 134 valence electrons. The van der Waals surface area contributed by atoms with E-state index in [9.17, 15) is 4.79 Å². The maximum Gasteiger partial charge on any atom is 0.246 e. The van der Waals surface area contributed by atoms with Gasteiger partial charge in [0.1, 0.15) is 0 Å². The zero-order valence-electron chi connectivity index (χ0n) is 14.1. The second-order valence-corrected chi connectivity index (χ2v) is 6.72. The van der Waals surface area contributed by atoms with E-state index < -0.39 is 0 Å². The Labute approximate surface area is 161 Å². The van der Waals surface area contributed by atoms with Gasteiger partial charge in [-0.3, -0.25) is 4.79 Å².